The summed E-state index contributed by atoms with van der Waals surface area (Å²) in [7, 11) is -3.32. The molecule has 2 rings (SSSR count). The molecule has 25 heavy (non-hydrogen) atoms. The fourth-order valence-electron chi connectivity index (χ4n) is 2.11. The zero-order valence-electron chi connectivity index (χ0n) is 14.0. The Bertz CT molecular complexity index is 903. The highest BCUT2D eigenvalue weighted by Crippen LogP contribution is 2.27. The summed E-state index contributed by atoms with van der Waals surface area (Å²) >= 11 is 1.16. The quantitative estimate of drug-likeness (QED) is 0.769. The van der Waals surface area contributed by atoms with Crippen molar-refractivity contribution in [3.8, 4) is 0 Å². The second-order valence-electron chi connectivity index (χ2n) is 5.29. The number of thiazole rings is 1. The first-order valence-corrected chi connectivity index (χ1v) is 10.1. The Morgan fingerprint density at radius 3 is 2.64 bits per heavy atom. The van der Waals surface area contributed by atoms with Crippen molar-refractivity contribution in [1.29, 1.82) is 0 Å². The molecule has 0 aliphatic carbocycles. The Balaban J connectivity index is 2.39. The Morgan fingerprint density at radius 1 is 1.32 bits per heavy atom. The second-order valence-corrected chi connectivity index (χ2v) is 8.39. The molecule has 0 bridgehead atoms. The summed E-state index contributed by atoms with van der Waals surface area (Å²) < 4.78 is 28.4. The number of nitrogens with one attached hydrogen (secondary N) is 1. The maximum atomic E-state index is 12.1. The van der Waals surface area contributed by atoms with E-state index < -0.39 is 15.8 Å². The van der Waals surface area contributed by atoms with Crippen LogP contribution in [0.2, 0.25) is 0 Å². The van der Waals surface area contributed by atoms with Gasteiger partial charge in [-0.2, -0.15) is 0 Å². The molecule has 0 aliphatic heterocycles. The van der Waals surface area contributed by atoms with Crippen molar-refractivity contribution in [1.82, 2.24) is 4.98 Å². The van der Waals surface area contributed by atoms with E-state index in [0.717, 1.165) is 17.6 Å². The summed E-state index contributed by atoms with van der Waals surface area (Å²) in [6.45, 7) is 3.24. The van der Waals surface area contributed by atoms with Crippen LogP contribution in [0.4, 0.5) is 5.13 Å². The largest absolute Gasteiger partial charge is 0.461 e. The predicted octanol–water partition coefficient (Wildman–Crippen LogP) is 2.27. The van der Waals surface area contributed by atoms with Gasteiger partial charge in [-0.1, -0.05) is 12.1 Å². The van der Waals surface area contributed by atoms with Gasteiger partial charge in [-0.25, -0.2) is 18.2 Å². The van der Waals surface area contributed by atoms with Crippen molar-refractivity contribution in [2.75, 3.05) is 18.2 Å². The minimum absolute atomic E-state index is 0.125. The molecular formula is C16H18N2O5S2. The minimum Gasteiger partial charge on any atom is -0.461 e. The van der Waals surface area contributed by atoms with Gasteiger partial charge in [-0.15, -0.1) is 11.3 Å². The molecule has 2 aromatic rings. The number of sulfone groups is 1. The van der Waals surface area contributed by atoms with Gasteiger partial charge in [0.2, 0.25) is 5.91 Å². The number of hydrogen-bond donors (Lipinski definition) is 1. The number of carbonyl (C=O) groups excluding carboxylic acids is 2. The third-order valence-corrected chi connectivity index (χ3v) is 5.22. The lowest BCUT2D eigenvalue weighted by molar-refractivity contribution is -0.114. The molecule has 1 heterocycles. The van der Waals surface area contributed by atoms with Gasteiger partial charge in [0, 0.05) is 24.5 Å². The molecule has 1 aromatic heterocycles. The zero-order valence-corrected chi connectivity index (χ0v) is 15.7. The highest BCUT2D eigenvalue weighted by atomic mass is 32.2. The van der Waals surface area contributed by atoms with Crippen LogP contribution in [0.5, 0.6) is 0 Å². The maximum Gasteiger partial charge on any atom is 0.358 e. The topological polar surface area (TPSA) is 102 Å². The van der Waals surface area contributed by atoms with E-state index >= 15 is 0 Å². The number of ether oxygens (including phenoxy) is 1. The Morgan fingerprint density at radius 2 is 2.04 bits per heavy atom. The summed E-state index contributed by atoms with van der Waals surface area (Å²) in [6.07, 6.45) is 1.44. The molecule has 134 valence electrons. The van der Waals surface area contributed by atoms with E-state index in [2.05, 4.69) is 10.3 Å². The van der Waals surface area contributed by atoms with Crippen LogP contribution in [-0.4, -0.2) is 38.1 Å². The lowest BCUT2D eigenvalue weighted by Gasteiger charge is -2.04. The molecule has 7 nitrogen and oxygen atoms in total. The van der Waals surface area contributed by atoms with Crippen LogP contribution in [0.1, 0.15) is 34.8 Å². The number of anilines is 1. The summed E-state index contributed by atoms with van der Waals surface area (Å²) in [5.74, 6) is -0.876. The predicted molar refractivity (Wildman–Crippen MR) is 94.7 cm³/mol. The van der Waals surface area contributed by atoms with Gasteiger partial charge in [0.05, 0.1) is 11.5 Å². The highest BCUT2D eigenvalue weighted by molar-refractivity contribution is 7.90. The van der Waals surface area contributed by atoms with Crippen LogP contribution in [0, 0.1) is 0 Å². The first-order chi connectivity index (χ1) is 11.7. The number of hydrogen-bond acceptors (Lipinski definition) is 7. The molecule has 0 saturated carbocycles. The summed E-state index contributed by atoms with van der Waals surface area (Å²) in [6, 6.07) is 6.48. The number of esters is 1. The van der Waals surface area contributed by atoms with Crippen molar-refractivity contribution in [2.24, 2.45) is 0 Å². The molecule has 0 aliphatic rings. The van der Waals surface area contributed by atoms with E-state index in [1.54, 1.807) is 25.1 Å². The van der Waals surface area contributed by atoms with Gasteiger partial charge >= 0.3 is 5.97 Å². The van der Waals surface area contributed by atoms with Crippen LogP contribution in [0.25, 0.3) is 0 Å². The smallest absolute Gasteiger partial charge is 0.358 e. The van der Waals surface area contributed by atoms with E-state index in [9.17, 15) is 18.0 Å². The van der Waals surface area contributed by atoms with Gasteiger partial charge in [0.15, 0.2) is 20.7 Å². The average molecular weight is 382 g/mol. The van der Waals surface area contributed by atoms with Crippen molar-refractivity contribution < 1.29 is 22.7 Å². The first kappa shape index (κ1) is 19.1. The molecule has 0 spiro atoms. The number of rotatable bonds is 6. The average Bonchev–Trinajstić information content (AvgIpc) is 2.88. The van der Waals surface area contributed by atoms with Crippen LogP contribution in [0.15, 0.2) is 29.2 Å². The van der Waals surface area contributed by atoms with Gasteiger partial charge in [0.25, 0.3) is 0 Å². The lowest BCUT2D eigenvalue weighted by atomic mass is 10.1. The van der Waals surface area contributed by atoms with Gasteiger partial charge in [0.1, 0.15) is 0 Å². The molecule has 0 fully saturated rings. The Labute approximate surface area is 150 Å². The van der Waals surface area contributed by atoms with Gasteiger partial charge < -0.3 is 10.1 Å². The molecule has 0 saturated heterocycles. The van der Waals surface area contributed by atoms with E-state index in [4.69, 9.17) is 4.74 Å². The second kappa shape index (κ2) is 7.75. The summed E-state index contributed by atoms with van der Waals surface area (Å²) in [4.78, 5) is 28.2. The maximum absolute atomic E-state index is 12.1. The fraction of sp³-hybridized carbons (Fsp3) is 0.312. The van der Waals surface area contributed by atoms with Crippen LogP contribution in [0.3, 0.4) is 0 Å². The molecule has 0 radical (unpaired) electrons. The SMILES string of the molecule is CCOC(=O)c1nc(NC(C)=O)sc1Cc1cccc(S(C)(=O)=O)c1. The van der Waals surface area contributed by atoms with Crippen molar-refractivity contribution in [2.45, 2.75) is 25.2 Å². The normalized spacial score (nSPS) is 11.2. The van der Waals surface area contributed by atoms with Gasteiger partial charge in [-0.3, -0.25) is 4.79 Å². The standard InChI is InChI=1S/C16H18N2O5S2/c1-4-23-15(20)14-13(24-16(18-14)17-10(2)19)9-11-6-5-7-12(8-11)25(3,21)22/h5-8H,4,9H2,1-3H3,(H,17,18,19). The van der Waals surface area contributed by atoms with Gasteiger partial charge in [-0.05, 0) is 24.6 Å². The number of benzene rings is 1. The number of carbonyl (C=O) groups is 2. The third-order valence-electron chi connectivity index (χ3n) is 3.14. The summed E-state index contributed by atoms with van der Waals surface area (Å²) in [5, 5.41) is 2.84. The molecule has 0 unspecified atom stereocenters. The molecule has 1 aromatic carbocycles. The molecule has 9 heteroatoms. The highest BCUT2D eigenvalue weighted by Gasteiger charge is 2.20. The third kappa shape index (κ3) is 5.10. The van der Waals surface area contributed by atoms with Crippen LogP contribution in [-0.2, 0) is 25.8 Å². The van der Waals surface area contributed by atoms with Crippen molar-refractivity contribution in [3.63, 3.8) is 0 Å². The van der Waals surface area contributed by atoms with E-state index in [0.29, 0.717) is 22.0 Å². The number of amides is 1. The van der Waals surface area contributed by atoms with Crippen LogP contribution < -0.4 is 5.32 Å². The molecule has 0 atom stereocenters. The fourth-order valence-corrected chi connectivity index (χ4v) is 3.83. The van der Waals surface area contributed by atoms with Crippen molar-refractivity contribution >= 4 is 38.2 Å². The monoisotopic (exact) mass is 382 g/mol. The Hall–Kier alpha value is -2.26. The zero-order chi connectivity index (χ0) is 18.6. The first-order valence-electron chi connectivity index (χ1n) is 7.44. The lowest BCUT2D eigenvalue weighted by Crippen LogP contribution is -2.09. The van der Waals surface area contributed by atoms with Crippen LogP contribution >= 0.6 is 11.3 Å². The number of aromatic nitrogens is 1. The van der Waals surface area contributed by atoms with E-state index in [-0.39, 0.29) is 23.1 Å². The minimum atomic E-state index is -3.32. The van der Waals surface area contributed by atoms with Crippen molar-refractivity contribution in [3.05, 3.63) is 40.4 Å². The molecule has 1 N–H and O–H groups in total. The Kier molecular flexibility index (Phi) is 5.91. The molecular weight excluding hydrogens is 364 g/mol. The summed E-state index contributed by atoms with van der Waals surface area (Å²) in [5.41, 5.74) is 0.840. The van der Waals surface area contributed by atoms with E-state index in [1.165, 1.54) is 13.0 Å². The molecule has 1 amide bonds. The van der Waals surface area contributed by atoms with E-state index in [1.807, 2.05) is 0 Å². The number of nitrogens with zero attached hydrogens (tertiary/aromatic N) is 1.